The summed E-state index contributed by atoms with van der Waals surface area (Å²) in [6, 6.07) is 20.6. The van der Waals surface area contributed by atoms with Gasteiger partial charge in [0.1, 0.15) is 0 Å². The number of pyridine rings is 1. The lowest BCUT2D eigenvalue weighted by atomic mass is 9.96. The Morgan fingerprint density at radius 3 is 2.65 bits per heavy atom. The van der Waals surface area contributed by atoms with Crippen LogP contribution in [0.5, 0.6) is 0 Å². The molecule has 0 unspecified atom stereocenters. The Hall–Kier alpha value is -3.76. The van der Waals surface area contributed by atoms with Crippen LogP contribution in [0.25, 0.3) is 0 Å². The van der Waals surface area contributed by atoms with Crippen LogP contribution >= 0.6 is 11.6 Å². The Morgan fingerprint density at radius 1 is 1.04 bits per heavy atom. The third kappa shape index (κ3) is 7.96. The minimum Gasteiger partial charge on any atom is -0.337 e. The van der Waals surface area contributed by atoms with E-state index in [0.717, 1.165) is 42.1 Å². The molecule has 46 heavy (non-hydrogen) atoms. The molecule has 0 radical (unpaired) electrons. The van der Waals surface area contributed by atoms with E-state index in [4.69, 9.17) is 21.4 Å². The van der Waals surface area contributed by atoms with E-state index in [-0.39, 0.29) is 17.6 Å². The average molecular weight is 642 g/mol. The first kappa shape index (κ1) is 32.2. The maximum absolute atomic E-state index is 13.8. The minimum absolute atomic E-state index is 0.0753. The predicted molar refractivity (Wildman–Crippen MR) is 180 cm³/mol. The summed E-state index contributed by atoms with van der Waals surface area (Å²) in [6.07, 6.45) is 9.65. The fourth-order valence-electron chi connectivity index (χ4n) is 6.45. The van der Waals surface area contributed by atoms with Gasteiger partial charge in [0.05, 0.1) is 18.1 Å². The van der Waals surface area contributed by atoms with E-state index in [1.807, 2.05) is 79.8 Å². The van der Waals surface area contributed by atoms with Gasteiger partial charge in [0.15, 0.2) is 6.23 Å². The van der Waals surface area contributed by atoms with E-state index in [1.54, 1.807) is 6.20 Å². The number of benzene rings is 2. The quantitative estimate of drug-likeness (QED) is 0.223. The number of halogens is 1. The molecule has 6 rings (SSSR count). The van der Waals surface area contributed by atoms with Crippen LogP contribution in [-0.4, -0.2) is 73.4 Å². The Kier molecular flexibility index (Phi) is 10.0. The highest BCUT2D eigenvalue weighted by Crippen LogP contribution is 2.38. The van der Waals surface area contributed by atoms with E-state index in [2.05, 4.69) is 50.1 Å². The smallest absolute Gasteiger partial charge is 0.319 e. The second kappa shape index (κ2) is 14.3. The number of piperazine rings is 1. The van der Waals surface area contributed by atoms with Gasteiger partial charge in [-0.1, -0.05) is 54.1 Å². The van der Waals surface area contributed by atoms with Gasteiger partial charge >= 0.3 is 6.03 Å². The number of hydrogen-bond donors (Lipinski definition) is 1. The van der Waals surface area contributed by atoms with E-state index in [1.165, 1.54) is 16.7 Å². The van der Waals surface area contributed by atoms with Crippen molar-refractivity contribution >= 4 is 17.6 Å². The summed E-state index contributed by atoms with van der Waals surface area (Å²) < 4.78 is 2.08. The van der Waals surface area contributed by atoms with E-state index >= 15 is 0 Å². The van der Waals surface area contributed by atoms with Gasteiger partial charge in [-0.2, -0.15) is 5.06 Å². The van der Waals surface area contributed by atoms with E-state index in [9.17, 15) is 4.79 Å². The van der Waals surface area contributed by atoms with Crippen molar-refractivity contribution < 1.29 is 9.63 Å². The Bertz CT molecular complexity index is 1590. The SMILES string of the molecule is CC(C)(C)NC(=O)N1CCN([C@H]2c3ccc(Cl)cc3CCc3cccnc32)C[C@@H]1ON(CCCn1ccnc1)Cc1ccccc1. The van der Waals surface area contributed by atoms with Crippen molar-refractivity contribution in [2.45, 2.75) is 70.9 Å². The van der Waals surface area contributed by atoms with Crippen LogP contribution in [0, 0.1) is 0 Å². The number of nitrogens with zero attached hydrogens (tertiary/aromatic N) is 6. The molecule has 0 bridgehead atoms. The van der Waals surface area contributed by atoms with Crippen molar-refractivity contribution in [3.8, 4) is 0 Å². The molecule has 3 heterocycles. The van der Waals surface area contributed by atoms with Gasteiger partial charge in [-0.15, -0.1) is 0 Å². The molecule has 4 aromatic rings. The van der Waals surface area contributed by atoms with Crippen LogP contribution in [0.1, 0.15) is 61.2 Å². The Balaban J connectivity index is 1.31. The van der Waals surface area contributed by atoms with Crippen molar-refractivity contribution in [2.24, 2.45) is 0 Å². The van der Waals surface area contributed by atoms with Gasteiger partial charge in [0.25, 0.3) is 0 Å². The number of carbonyl (C=O) groups excluding carboxylic acids is 1. The number of rotatable bonds is 9. The van der Waals surface area contributed by atoms with Gasteiger partial charge in [0.2, 0.25) is 0 Å². The number of fused-ring (bicyclic) bond motifs is 2. The normalized spacial score (nSPS) is 18.6. The van der Waals surface area contributed by atoms with Crippen molar-refractivity contribution in [1.82, 2.24) is 34.7 Å². The van der Waals surface area contributed by atoms with Crippen molar-refractivity contribution in [3.63, 3.8) is 0 Å². The highest BCUT2D eigenvalue weighted by Gasteiger charge is 2.39. The summed E-state index contributed by atoms with van der Waals surface area (Å²) in [6.45, 7) is 9.85. The van der Waals surface area contributed by atoms with Gasteiger partial charge < -0.3 is 9.88 Å². The van der Waals surface area contributed by atoms with Gasteiger partial charge in [-0.3, -0.25) is 19.6 Å². The summed E-state index contributed by atoms with van der Waals surface area (Å²) in [5.74, 6) is 0. The molecule has 2 aromatic carbocycles. The number of hydrogen-bond acceptors (Lipinski definition) is 6. The highest BCUT2D eigenvalue weighted by atomic mass is 35.5. The fraction of sp³-hybridized carbons (Fsp3) is 0.417. The van der Waals surface area contributed by atoms with Gasteiger partial charge in [0, 0.05) is 68.4 Å². The zero-order chi connectivity index (χ0) is 32.1. The molecule has 2 aliphatic rings. The molecule has 1 aliphatic carbocycles. The maximum atomic E-state index is 13.8. The molecule has 0 spiro atoms. The topological polar surface area (TPSA) is 78.8 Å². The molecular weight excluding hydrogens is 598 g/mol. The molecule has 1 fully saturated rings. The number of amides is 2. The largest absolute Gasteiger partial charge is 0.337 e. The van der Waals surface area contributed by atoms with E-state index in [0.29, 0.717) is 32.7 Å². The highest BCUT2D eigenvalue weighted by molar-refractivity contribution is 6.30. The Morgan fingerprint density at radius 2 is 1.87 bits per heavy atom. The molecule has 2 atom stereocenters. The summed E-state index contributed by atoms with van der Waals surface area (Å²) in [4.78, 5) is 34.1. The van der Waals surface area contributed by atoms with Crippen LogP contribution in [0.2, 0.25) is 5.02 Å². The number of urea groups is 1. The molecule has 242 valence electrons. The molecule has 1 saturated heterocycles. The van der Waals surface area contributed by atoms with Gasteiger partial charge in [-0.05, 0) is 80.5 Å². The van der Waals surface area contributed by atoms with Crippen molar-refractivity contribution in [1.29, 1.82) is 0 Å². The van der Waals surface area contributed by atoms with Crippen LogP contribution in [0.3, 0.4) is 0 Å². The van der Waals surface area contributed by atoms with Crippen LogP contribution in [0.15, 0.2) is 85.6 Å². The number of imidazole rings is 1. The molecule has 9 nitrogen and oxygen atoms in total. The third-order valence-corrected chi connectivity index (χ3v) is 8.81. The zero-order valence-electron chi connectivity index (χ0n) is 27.0. The first-order valence-corrected chi connectivity index (χ1v) is 16.6. The molecule has 0 saturated carbocycles. The lowest BCUT2D eigenvalue weighted by Gasteiger charge is -2.45. The average Bonchev–Trinajstić information content (AvgIpc) is 3.49. The fourth-order valence-corrected chi connectivity index (χ4v) is 6.64. The van der Waals surface area contributed by atoms with Crippen molar-refractivity contribution in [3.05, 3.63) is 119 Å². The zero-order valence-corrected chi connectivity index (χ0v) is 27.7. The van der Waals surface area contributed by atoms with Gasteiger partial charge in [-0.25, -0.2) is 9.78 Å². The summed E-state index contributed by atoms with van der Waals surface area (Å²) in [7, 11) is 0. The predicted octanol–water partition coefficient (Wildman–Crippen LogP) is 6.10. The first-order chi connectivity index (χ1) is 22.2. The number of carbonyl (C=O) groups is 1. The second-order valence-electron chi connectivity index (χ2n) is 13.2. The first-order valence-electron chi connectivity index (χ1n) is 16.2. The molecule has 10 heteroatoms. The van der Waals surface area contributed by atoms with Crippen LogP contribution < -0.4 is 5.32 Å². The van der Waals surface area contributed by atoms with Crippen LogP contribution in [0.4, 0.5) is 4.79 Å². The molecule has 2 aromatic heterocycles. The summed E-state index contributed by atoms with van der Waals surface area (Å²) in [5.41, 5.74) is 5.54. The van der Waals surface area contributed by atoms with Crippen LogP contribution in [-0.2, 0) is 30.8 Å². The number of nitrogens with one attached hydrogen (secondary N) is 1. The number of aryl methyl sites for hydroxylation is 3. The Labute approximate surface area is 277 Å². The number of hydroxylamine groups is 2. The third-order valence-electron chi connectivity index (χ3n) is 8.58. The van der Waals surface area contributed by atoms with E-state index < -0.39 is 6.23 Å². The lowest BCUT2D eigenvalue weighted by molar-refractivity contribution is -0.250. The molecule has 1 aliphatic heterocycles. The maximum Gasteiger partial charge on any atom is 0.319 e. The molecular formula is C36H44ClN7O2. The monoisotopic (exact) mass is 641 g/mol. The minimum atomic E-state index is -0.515. The van der Waals surface area contributed by atoms with Crippen molar-refractivity contribution in [2.75, 3.05) is 26.2 Å². The summed E-state index contributed by atoms with van der Waals surface area (Å²) >= 11 is 6.49. The lowest BCUT2D eigenvalue weighted by Crippen LogP contribution is -2.62. The molecule has 2 amide bonds. The number of aromatic nitrogens is 3. The standard InChI is InChI=1S/C36H44ClN7O2/c1-36(2,3)40-35(45)44-22-21-42(34-31-15-14-30(37)23-29(31)13-12-28-11-7-16-39-33(28)34)25-32(44)46-43(24-27-9-5-4-6-10-27)19-8-18-41-20-17-38-26-41/h4-7,9-11,14-17,20,23,26,32,34H,8,12-13,18-19,21-22,24-25H2,1-3H3,(H,40,45)/t32-,34-/m0/s1. The second-order valence-corrected chi connectivity index (χ2v) is 13.7. The molecule has 1 N–H and O–H groups in total. The summed E-state index contributed by atoms with van der Waals surface area (Å²) in [5, 5.41) is 5.94.